The Morgan fingerprint density at radius 3 is 2.67 bits per heavy atom. The number of benzene rings is 1. The fourth-order valence-corrected chi connectivity index (χ4v) is 2.25. The predicted octanol–water partition coefficient (Wildman–Crippen LogP) is 2.41. The number of rotatable bonds is 3. The van der Waals surface area contributed by atoms with Crippen molar-refractivity contribution in [2.75, 3.05) is 25.7 Å². The zero-order valence-corrected chi connectivity index (χ0v) is 11.5. The maximum Gasteiger partial charge on any atom is 0.328 e. The largest absolute Gasteiger partial charge is 0.495 e. The highest BCUT2D eigenvalue weighted by atomic mass is 35.5. The number of hydrogen-bond acceptors (Lipinski definition) is 4. The molecule has 0 aliphatic carbocycles. The van der Waals surface area contributed by atoms with Crippen LogP contribution in [0.5, 0.6) is 5.75 Å². The van der Waals surface area contributed by atoms with Gasteiger partial charge in [0.1, 0.15) is 11.8 Å². The van der Waals surface area contributed by atoms with Crippen LogP contribution in [-0.2, 0) is 9.53 Å². The molecule has 1 unspecified atom stereocenters. The normalized spacial score (nSPS) is 18.2. The molecule has 1 fully saturated rings. The van der Waals surface area contributed by atoms with Crippen molar-refractivity contribution in [1.29, 1.82) is 0 Å². The van der Waals surface area contributed by atoms with Crippen LogP contribution in [0.1, 0.15) is 12.0 Å². The van der Waals surface area contributed by atoms with E-state index in [-0.39, 0.29) is 12.0 Å². The molecule has 0 N–H and O–H groups in total. The average Bonchev–Trinajstić information content (AvgIpc) is 2.31. The molecule has 2 rings (SSSR count). The molecular formula is C13H16ClNO3. The lowest BCUT2D eigenvalue weighted by molar-refractivity contribution is -0.143. The van der Waals surface area contributed by atoms with E-state index in [1.807, 2.05) is 17.9 Å². The zero-order valence-electron chi connectivity index (χ0n) is 10.7. The Morgan fingerprint density at radius 1 is 1.44 bits per heavy atom. The number of anilines is 1. The number of esters is 1. The van der Waals surface area contributed by atoms with Crippen molar-refractivity contribution in [2.45, 2.75) is 19.4 Å². The van der Waals surface area contributed by atoms with Crippen molar-refractivity contribution in [3.8, 4) is 5.75 Å². The minimum absolute atomic E-state index is 0.212. The zero-order chi connectivity index (χ0) is 13.3. The summed E-state index contributed by atoms with van der Waals surface area (Å²) in [5.74, 6) is 0.468. The van der Waals surface area contributed by atoms with Crippen molar-refractivity contribution >= 4 is 23.3 Å². The Morgan fingerprint density at radius 2 is 2.17 bits per heavy atom. The number of carbonyl (C=O) groups excluding carboxylic acids is 1. The Bertz CT molecular complexity index is 476. The van der Waals surface area contributed by atoms with Crippen LogP contribution < -0.4 is 9.64 Å². The second-order valence-corrected chi connectivity index (χ2v) is 4.70. The average molecular weight is 270 g/mol. The van der Waals surface area contributed by atoms with Crippen LogP contribution in [0.15, 0.2) is 12.1 Å². The Balaban J connectivity index is 2.33. The van der Waals surface area contributed by atoms with Crippen molar-refractivity contribution in [1.82, 2.24) is 0 Å². The molecule has 5 heteroatoms. The van der Waals surface area contributed by atoms with Crippen molar-refractivity contribution in [3.05, 3.63) is 22.7 Å². The molecule has 1 heterocycles. The lowest BCUT2D eigenvalue weighted by atomic mass is 10.0. The van der Waals surface area contributed by atoms with Gasteiger partial charge < -0.3 is 14.4 Å². The topological polar surface area (TPSA) is 38.8 Å². The standard InChI is InChI=1S/C13H16ClNO3/c1-8-6-11(12(17-2)7-9(8)14)15-5-4-10(15)13(16)18-3/h6-7,10H,4-5H2,1-3H3. The minimum atomic E-state index is -0.218. The summed E-state index contributed by atoms with van der Waals surface area (Å²) in [6.07, 6.45) is 0.803. The summed E-state index contributed by atoms with van der Waals surface area (Å²) in [6, 6.07) is 3.50. The summed E-state index contributed by atoms with van der Waals surface area (Å²) in [6.45, 7) is 2.75. The number of methoxy groups -OCH3 is 2. The SMILES string of the molecule is COC(=O)C1CCN1c1cc(C)c(Cl)cc1OC. The van der Waals surface area contributed by atoms with E-state index in [1.54, 1.807) is 13.2 Å². The monoisotopic (exact) mass is 269 g/mol. The van der Waals surface area contributed by atoms with E-state index in [0.29, 0.717) is 10.8 Å². The maximum atomic E-state index is 11.6. The van der Waals surface area contributed by atoms with Gasteiger partial charge in [-0.1, -0.05) is 11.6 Å². The molecule has 0 amide bonds. The highest BCUT2D eigenvalue weighted by Crippen LogP contribution is 2.38. The van der Waals surface area contributed by atoms with Crippen LogP contribution in [0.4, 0.5) is 5.69 Å². The molecule has 18 heavy (non-hydrogen) atoms. The van der Waals surface area contributed by atoms with Gasteiger partial charge in [0.25, 0.3) is 0 Å². The molecule has 0 saturated carbocycles. The summed E-state index contributed by atoms with van der Waals surface area (Å²) in [7, 11) is 3.00. The van der Waals surface area contributed by atoms with E-state index in [9.17, 15) is 4.79 Å². The van der Waals surface area contributed by atoms with E-state index in [0.717, 1.165) is 24.2 Å². The molecule has 4 nitrogen and oxygen atoms in total. The van der Waals surface area contributed by atoms with Crippen LogP contribution >= 0.6 is 11.6 Å². The van der Waals surface area contributed by atoms with E-state index in [2.05, 4.69) is 0 Å². The summed E-state index contributed by atoms with van der Waals surface area (Å²) in [5.41, 5.74) is 1.85. The summed E-state index contributed by atoms with van der Waals surface area (Å²) < 4.78 is 10.1. The molecule has 1 aliphatic heterocycles. The van der Waals surface area contributed by atoms with Gasteiger partial charge in [0.15, 0.2) is 0 Å². The van der Waals surface area contributed by atoms with Gasteiger partial charge in [0.2, 0.25) is 0 Å². The fourth-order valence-electron chi connectivity index (χ4n) is 2.09. The fraction of sp³-hybridized carbons (Fsp3) is 0.462. The van der Waals surface area contributed by atoms with Gasteiger partial charge in [0, 0.05) is 17.6 Å². The van der Waals surface area contributed by atoms with E-state index >= 15 is 0 Å². The van der Waals surface area contributed by atoms with Crippen LogP contribution in [0.2, 0.25) is 5.02 Å². The van der Waals surface area contributed by atoms with E-state index < -0.39 is 0 Å². The number of ether oxygens (including phenoxy) is 2. The summed E-state index contributed by atoms with van der Waals surface area (Å²) >= 11 is 6.07. The van der Waals surface area contributed by atoms with E-state index in [1.165, 1.54) is 7.11 Å². The lowest BCUT2D eigenvalue weighted by Crippen LogP contribution is -2.53. The Kier molecular flexibility index (Phi) is 3.66. The smallest absolute Gasteiger partial charge is 0.328 e. The molecule has 98 valence electrons. The molecule has 1 saturated heterocycles. The van der Waals surface area contributed by atoms with Gasteiger partial charge in [0.05, 0.1) is 19.9 Å². The quantitative estimate of drug-likeness (QED) is 0.790. The second kappa shape index (κ2) is 5.06. The number of carbonyl (C=O) groups is 1. The molecule has 0 aromatic heterocycles. The highest BCUT2D eigenvalue weighted by Gasteiger charge is 2.36. The van der Waals surface area contributed by atoms with Gasteiger partial charge in [-0.05, 0) is 25.0 Å². The molecular weight excluding hydrogens is 254 g/mol. The maximum absolute atomic E-state index is 11.6. The first-order valence-electron chi connectivity index (χ1n) is 5.77. The highest BCUT2D eigenvalue weighted by molar-refractivity contribution is 6.31. The van der Waals surface area contributed by atoms with Gasteiger partial charge in [-0.15, -0.1) is 0 Å². The number of aryl methyl sites for hydroxylation is 1. The summed E-state index contributed by atoms with van der Waals surface area (Å²) in [5, 5.41) is 0.658. The second-order valence-electron chi connectivity index (χ2n) is 4.29. The van der Waals surface area contributed by atoms with Gasteiger partial charge >= 0.3 is 5.97 Å². The Labute approximate surface area is 111 Å². The van der Waals surface area contributed by atoms with Crippen LogP contribution in [0.3, 0.4) is 0 Å². The van der Waals surface area contributed by atoms with Crippen LogP contribution in [0.25, 0.3) is 0 Å². The molecule has 0 spiro atoms. The minimum Gasteiger partial charge on any atom is -0.495 e. The lowest BCUT2D eigenvalue weighted by Gasteiger charge is -2.41. The summed E-state index contributed by atoms with van der Waals surface area (Å²) in [4.78, 5) is 13.6. The molecule has 0 radical (unpaired) electrons. The first-order valence-corrected chi connectivity index (χ1v) is 6.15. The van der Waals surface area contributed by atoms with Gasteiger partial charge in [-0.25, -0.2) is 4.79 Å². The van der Waals surface area contributed by atoms with Gasteiger partial charge in [-0.2, -0.15) is 0 Å². The number of halogens is 1. The third kappa shape index (κ3) is 2.12. The van der Waals surface area contributed by atoms with Crippen molar-refractivity contribution in [3.63, 3.8) is 0 Å². The predicted molar refractivity (Wildman–Crippen MR) is 70.5 cm³/mol. The van der Waals surface area contributed by atoms with Crippen molar-refractivity contribution < 1.29 is 14.3 Å². The number of nitrogens with zero attached hydrogens (tertiary/aromatic N) is 1. The van der Waals surface area contributed by atoms with Crippen LogP contribution in [-0.4, -0.2) is 32.8 Å². The number of hydrogen-bond donors (Lipinski definition) is 0. The molecule has 0 bridgehead atoms. The molecule has 1 aromatic carbocycles. The first kappa shape index (κ1) is 13.0. The third-order valence-electron chi connectivity index (χ3n) is 3.26. The van der Waals surface area contributed by atoms with Crippen molar-refractivity contribution in [2.24, 2.45) is 0 Å². The first-order chi connectivity index (χ1) is 8.58. The Hall–Kier alpha value is -1.42. The molecule has 1 aromatic rings. The van der Waals surface area contributed by atoms with Crippen LogP contribution in [0, 0.1) is 6.92 Å². The third-order valence-corrected chi connectivity index (χ3v) is 3.67. The molecule has 1 aliphatic rings. The molecule has 1 atom stereocenters. The van der Waals surface area contributed by atoms with E-state index in [4.69, 9.17) is 21.1 Å². The van der Waals surface area contributed by atoms with Gasteiger partial charge in [-0.3, -0.25) is 0 Å².